The van der Waals surface area contributed by atoms with Crippen molar-refractivity contribution in [2.45, 2.75) is 44.3 Å². The van der Waals surface area contributed by atoms with Gasteiger partial charge in [0, 0.05) is 49.2 Å². The van der Waals surface area contributed by atoms with E-state index in [9.17, 15) is 14.4 Å². The third-order valence-electron chi connectivity index (χ3n) is 9.79. The van der Waals surface area contributed by atoms with Crippen LogP contribution in [0.5, 0.6) is 0 Å². The smallest absolute Gasteiger partial charge is 0.324 e. The minimum atomic E-state index is -0.139. The number of likely N-dealkylation sites (tertiary alicyclic amines) is 2. The van der Waals surface area contributed by atoms with Gasteiger partial charge in [-0.2, -0.15) is 0 Å². The molecule has 2 N–H and O–H groups in total. The van der Waals surface area contributed by atoms with E-state index in [2.05, 4.69) is 19.9 Å². The first-order chi connectivity index (χ1) is 24.0. The van der Waals surface area contributed by atoms with Gasteiger partial charge in [-0.15, -0.1) is 22.7 Å². The van der Waals surface area contributed by atoms with Gasteiger partial charge < -0.3 is 24.7 Å². The summed E-state index contributed by atoms with van der Waals surface area (Å²) in [7, 11) is 0. The van der Waals surface area contributed by atoms with Crippen LogP contribution < -0.4 is 4.90 Å². The number of imidazole rings is 2. The first-order valence-corrected chi connectivity index (χ1v) is 18.3. The Balaban J connectivity index is 0.890. The SMILES string of the molecule is O=C1N(Cc2ccc3nc([C@H]4CCCN4C(=O)c4cscn4)[nH]c3c2)CCN1c1ccc2nc([C@H]3CCCN3C(=O)c3cscn3)[nH]c2c1. The maximum Gasteiger partial charge on any atom is 0.324 e. The number of hydrogen-bond donors (Lipinski definition) is 2. The largest absolute Gasteiger partial charge is 0.340 e. The third kappa shape index (κ3) is 5.33. The van der Waals surface area contributed by atoms with E-state index in [1.54, 1.807) is 26.7 Å². The van der Waals surface area contributed by atoms with Crippen LogP contribution in [-0.2, 0) is 6.54 Å². The second-order valence-corrected chi connectivity index (χ2v) is 14.2. The summed E-state index contributed by atoms with van der Waals surface area (Å²) in [5, 5.41) is 3.57. The van der Waals surface area contributed by atoms with E-state index in [0.717, 1.165) is 70.6 Å². The molecule has 248 valence electrons. The average molecular weight is 693 g/mol. The Kier molecular flexibility index (Phi) is 7.38. The average Bonchev–Trinajstić information content (AvgIpc) is 3.95. The molecular formula is C34H32N10O3S2. The number of carbonyl (C=O) groups excluding carboxylic acids is 3. The van der Waals surface area contributed by atoms with Crippen LogP contribution in [0.4, 0.5) is 10.5 Å². The summed E-state index contributed by atoms with van der Waals surface area (Å²) in [4.78, 5) is 72.2. The summed E-state index contributed by atoms with van der Waals surface area (Å²) in [5.74, 6) is 1.40. The molecule has 0 unspecified atom stereocenters. The number of benzene rings is 2. The van der Waals surface area contributed by atoms with Crippen molar-refractivity contribution in [1.82, 2.24) is 44.6 Å². The standard InChI is InChI=1S/C34H32N10O3S2/c45-32(26-16-48-18-35-26)43-9-1-3-28(43)30-37-22-7-5-20(13-24(22)39-30)15-41-11-12-42(34(41)47)21-6-8-23-25(14-21)40-31(38-23)29-4-2-10-44(29)33(46)27-17-49-19-36-27/h5-8,13-14,16-19,28-29H,1-4,9-12,15H2,(H,37,39)(H,38,40)/t28-,29-/m1/s1. The van der Waals surface area contributed by atoms with Crippen LogP contribution in [0.1, 0.15) is 76.0 Å². The van der Waals surface area contributed by atoms with Gasteiger partial charge in [0.2, 0.25) is 0 Å². The van der Waals surface area contributed by atoms with Crippen LogP contribution in [0, 0.1) is 0 Å². The number of nitrogens with zero attached hydrogens (tertiary/aromatic N) is 8. The lowest BCUT2D eigenvalue weighted by Gasteiger charge is -2.22. The number of thiazole rings is 2. The molecule has 2 atom stereocenters. The van der Waals surface area contributed by atoms with Crippen LogP contribution in [0.25, 0.3) is 22.1 Å². The van der Waals surface area contributed by atoms with E-state index < -0.39 is 0 Å². The van der Waals surface area contributed by atoms with Crippen LogP contribution in [0.15, 0.2) is 58.2 Å². The van der Waals surface area contributed by atoms with E-state index in [1.165, 1.54) is 22.7 Å². The highest BCUT2D eigenvalue weighted by molar-refractivity contribution is 7.08. The molecule has 0 aliphatic carbocycles. The summed E-state index contributed by atoms with van der Waals surface area (Å²) < 4.78 is 0. The van der Waals surface area contributed by atoms with Gasteiger partial charge in [0.15, 0.2) is 0 Å². The number of aromatic amines is 2. The zero-order chi connectivity index (χ0) is 33.1. The fraction of sp³-hybridized carbons (Fsp3) is 0.324. The topological polar surface area (TPSA) is 147 Å². The number of fused-ring (bicyclic) bond motifs is 2. The van der Waals surface area contributed by atoms with Crippen LogP contribution >= 0.6 is 22.7 Å². The number of nitrogens with one attached hydrogen (secondary N) is 2. The van der Waals surface area contributed by atoms with Gasteiger partial charge >= 0.3 is 6.03 Å². The van der Waals surface area contributed by atoms with E-state index in [0.29, 0.717) is 44.1 Å². The molecule has 0 radical (unpaired) electrons. The molecule has 49 heavy (non-hydrogen) atoms. The molecule has 4 aromatic heterocycles. The number of anilines is 1. The molecule has 2 aromatic carbocycles. The molecule has 4 amide bonds. The van der Waals surface area contributed by atoms with Crippen molar-refractivity contribution in [1.29, 1.82) is 0 Å². The van der Waals surface area contributed by atoms with Crippen molar-refractivity contribution < 1.29 is 14.4 Å². The second-order valence-electron chi connectivity index (χ2n) is 12.7. The van der Waals surface area contributed by atoms with Crippen molar-refractivity contribution in [2.24, 2.45) is 0 Å². The maximum absolute atomic E-state index is 13.6. The molecule has 3 aliphatic rings. The number of urea groups is 1. The Labute approximate surface area is 288 Å². The van der Waals surface area contributed by atoms with Crippen LogP contribution in [-0.4, -0.2) is 88.6 Å². The maximum atomic E-state index is 13.6. The van der Waals surface area contributed by atoms with Gasteiger partial charge in [-0.3, -0.25) is 14.5 Å². The number of amides is 4. The number of hydrogen-bond acceptors (Lipinski definition) is 9. The predicted octanol–water partition coefficient (Wildman–Crippen LogP) is 5.75. The molecule has 3 fully saturated rings. The number of rotatable bonds is 7. The quantitative estimate of drug-likeness (QED) is 0.217. The summed E-state index contributed by atoms with van der Waals surface area (Å²) in [6.07, 6.45) is 3.50. The molecule has 7 heterocycles. The highest BCUT2D eigenvalue weighted by atomic mass is 32.1. The van der Waals surface area contributed by atoms with Crippen LogP contribution in [0.3, 0.4) is 0 Å². The van der Waals surface area contributed by atoms with E-state index in [-0.39, 0.29) is 29.9 Å². The Bertz CT molecular complexity index is 2190. The minimum absolute atomic E-state index is 0.0533. The predicted molar refractivity (Wildman–Crippen MR) is 186 cm³/mol. The zero-order valence-corrected chi connectivity index (χ0v) is 28.0. The summed E-state index contributed by atoms with van der Waals surface area (Å²) >= 11 is 2.83. The molecule has 9 rings (SSSR count). The number of H-pyrrole nitrogens is 2. The molecule has 3 aliphatic heterocycles. The Morgan fingerprint density at radius 2 is 1.35 bits per heavy atom. The first-order valence-electron chi connectivity index (χ1n) is 16.4. The van der Waals surface area contributed by atoms with Gasteiger partial charge in [-0.1, -0.05) is 6.07 Å². The van der Waals surface area contributed by atoms with Crippen LogP contribution in [0.2, 0.25) is 0 Å². The van der Waals surface area contributed by atoms with Crippen molar-refractivity contribution in [3.8, 4) is 0 Å². The first kappa shape index (κ1) is 29.9. The summed E-state index contributed by atoms with van der Waals surface area (Å²) in [5.41, 5.74) is 9.47. The van der Waals surface area contributed by atoms with Gasteiger partial charge in [-0.05, 0) is 61.6 Å². The molecule has 0 saturated carbocycles. The molecule has 6 aromatic rings. The molecular weight excluding hydrogens is 661 g/mol. The van der Waals surface area contributed by atoms with E-state index in [4.69, 9.17) is 9.97 Å². The normalized spacial score (nSPS) is 19.7. The molecule has 0 bridgehead atoms. The lowest BCUT2D eigenvalue weighted by atomic mass is 10.2. The Morgan fingerprint density at radius 1 is 0.755 bits per heavy atom. The fourth-order valence-corrected chi connectivity index (χ4v) is 8.44. The molecule has 15 heteroatoms. The molecule has 3 saturated heterocycles. The van der Waals surface area contributed by atoms with Crippen molar-refractivity contribution >= 4 is 68.3 Å². The van der Waals surface area contributed by atoms with Crippen molar-refractivity contribution in [3.63, 3.8) is 0 Å². The summed E-state index contributed by atoms with van der Waals surface area (Å²) in [6.45, 7) is 3.00. The molecule has 0 spiro atoms. The molecule has 13 nitrogen and oxygen atoms in total. The highest BCUT2D eigenvalue weighted by Crippen LogP contribution is 2.35. The lowest BCUT2D eigenvalue weighted by Crippen LogP contribution is -2.31. The van der Waals surface area contributed by atoms with Gasteiger partial charge in [-0.25, -0.2) is 24.7 Å². The summed E-state index contributed by atoms with van der Waals surface area (Å²) in [6, 6.07) is 11.6. The second kappa shape index (κ2) is 12.1. The minimum Gasteiger partial charge on any atom is -0.340 e. The van der Waals surface area contributed by atoms with Gasteiger partial charge in [0.1, 0.15) is 23.0 Å². The Morgan fingerprint density at radius 3 is 1.94 bits per heavy atom. The number of carbonyl (C=O) groups is 3. The van der Waals surface area contributed by atoms with Gasteiger partial charge in [0.25, 0.3) is 11.8 Å². The van der Waals surface area contributed by atoms with E-state index in [1.807, 2.05) is 51.1 Å². The fourth-order valence-electron chi connectivity index (χ4n) is 7.38. The Hall–Kier alpha value is -5.15. The highest BCUT2D eigenvalue weighted by Gasteiger charge is 2.35. The lowest BCUT2D eigenvalue weighted by molar-refractivity contribution is 0.0718. The monoisotopic (exact) mass is 692 g/mol. The van der Waals surface area contributed by atoms with E-state index >= 15 is 0 Å². The van der Waals surface area contributed by atoms with Crippen molar-refractivity contribution in [2.75, 3.05) is 31.1 Å². The van der Waals surface area contributed by atoms with Crippen molar-refractivity contribution in [3.05, 3.63) is 86.8 Å². The number of aromatic nitrogens is 6. The third-order valence-corrected chi connectivity index (χ3v) is 11.0. The van der Waals surface area contributed by atoms with Gasteiger partial charge in [0.05, 0.1) is 45.2 Å². The zero-order valence-electron chi connectivity index (χ0n) is 26.4.